The maximum Gasteiger partial charge on any atom is 0.123 e. The van der Waals surface area contributed by atoms with E-state index in [1.54, 1.807) is 12.4 Å². The Morgan fingerprint density at radius 3 is 2.59 bits per heavy atom. The van der Waals surface area contributed by atoms with Crippen molar-refractivity contribution in [2.45, 2.75) is 27.2 Å². The van der Waals surface area contributed by atoms with Gasteiger partial charge < -0.3 is 0 Å². The third kappa shape index (κ3) is 2.84. The molecule has 0 aliphatic heterocycles. The molecule has 112 valence electrons. The molecule has 0 fully saturated rings. The van der Waals surface area contributed by atoms with Crippen LogP contribution in [0.2, 0.25) is 0 Å². The third-order valence-electron chi connectivity index (χ3n) is 3.79. The molecule has 0 aliphatic carbocycles. The summed E-state index contributed by atoms with van der Waals surface area (Å²) < 4.78 is 13.3. The first-order chi connectivity index (χ1) is 10.5. The van der Waals surface area contributed by atoms with Gasteiger partial charge in [-0.1, -0.05) is 26.0 Å². The summed E-state index contributed by atoms with van der Waals surface area (Å²) in [6.45, 7) is 6.31. The van der Waals surface area contributed by atoms with Crippen molar-refractivity contribution in [3.05, 3.63) is 59.7 Å². The lowest BCUT2D eigenvalue weighted by Crippen LogP contribution is -1.96. The maximum atomic E-state index is 13.3. The summed E-state index contributed by atoms with van der Waals surface area (Å²) in [5.74, 6) is 0.386. The van der Waals surface area contributed by atoms with Crippen LogP contribution in [0.15, 0.2) is 42.7 Å². The minimum atomic E-state index is -0.223. The monoisotopic (exact) mass is 294 g/mol. The van der Waals surface area contributed by atoms with Gasteiger partial charge in [0.1, 0.15) is 12.1 Å². The molecule has 0 aliphatic rings. The molecule has 3 rings (SSSR count). The van der Waals surface area contributed by atoms with E-state index in [2.05, 4.69) is 42.0 Å². The largest absolute Gasteiger partial charge is 0.236 e. The Labute approximate surface area is 130 Å². The van der Waals surface area contributed by atoms with Crippen LogP contribution in [0.1, 0.15) is 25.0 Å². The lowest BCUT2D eigenvalue weighted by atomic mass is 9.98. The summed E-state index contributed by atoms with van der Waals surface area (Å²) in [6.07, 6.45) is 2.62. The smallest absolute Gasteiger partial charge is 0.123 e. The molecule has 1 heterocycles. The second kappa shape index (κ2) is 5.84. The van der Waals surface area contributed by atoms with Crippen molar-refractivity contribution >= 4 is 10.9 Å². The number of rotatable bonds is 3. The molecular formula is C19H19FN2. The average molecular weight is 294 g/mol. The second-order valence-corrected chi connectivity index (χ2v) is 6.13. The Kier molecular flexibility index (Phi) is 3.88. The van der Waals surface area contributed by atoms with Crippen molar-refractivity contribution in [2.24, 2.45) is 5.92 Å². The average Bonchev–Trinajstić information content (AvgIpc) is 2.46. The highest BCUT2D eigenvalue weighted by molar-refractivity contribution is 5.93. The van der Waals surface area contributed by atoms with Crippen LogP contribution in [0.3, 0.4) is 0 Å². The zero-order chi connectivity index (χ0) is 15.7. The van der Waals surface area contributed by atoms with Gasteiger partial charge in [0.2, 0.25) is 0 Å². The van der Waals surface area contributed by atoms with E-state index in [-0.39, 0.29) is 5.82 Å². The highest BCUT2D eigenvalue weighted by Gasteiger charge is 2.10. The summed E-state index contributed by atoms with van der Waals surface area (Å²) in [5, 5.41) is 1.00. The summed E-state index contributed by atoms with van der Waals surface area (Å²) >= 11 is 0. The molecule has 2 nitrogen and oxygen atoms in total. The van der Waals surface area contributed by atoms with E-state index in [1.807, 2.05) is 6.92 Å². The van der Waals surface area contributed by atoms with E-state index in [9.17, 15) is 4.39 Å². The third-order valence-corrected chi connectivity index (χ3v) is 3.79. The number of nitrogens with zero attached hydrogens (tertiary/aromatic N) is 2. The molecule has 1 aromatic heterocycles. The number of benzene rings is 2. The van der Waals surface area contributed by atoms with Crippen molar-refractivity contribution in [2.75, 3.05) is 0 Å². The van der Waals surface area contributed by atoms with Crippen LogP contribution < -0.4 is 0 Å². The highest BCUT2D eigenvalue weighted by atomic mass is 19.1. The van der Waals surface area contributed by atoms with E-state index in [4.69, 9.17) is 0 Å². The van der Waals surface area contributed by atoms with E-state index in [0.29, 0.717) is 5.92 Å². The van der Waals surface area contributed by atoms with Gasteiger partial charge in [0.05, 0.1) is 11.2 Å². The molecule has 0 amide bonds. The van der Waals surface area contributed by atoms with Crippen LogP contribution in [-0.4, -0.2) is 9.97 Å². The van der Waals surface area contributed by atoms with Crippen LogP contribution in [-0.2, 0) is 6.42 Å². The lowest BCUT2D eigenvalue weighted by molar-refractivity contribution is 0.627. The van der Waals surface area contributed by atoms with Gasteiger partial charge in [0, 0.05) is 10.9 Å². The van der Waals surface area contributed by atoms with Crippen LogP contribution >= 0.6 is 0 Å². The van der Waals surface area contributed by atoms with Gasteiger partial charge in [-0.3, -0.25) is 0 Å². The molecule has 0 saturated carbocycles. The number of aryl methyl sites for hydroxylation is 1. The van der Waals surface area contributed by atoms with Crippen molar-refractivity contribution < 1.29 is 4.39 Å². The van der Waals surface area contributed by atoms with Crippen LogP contribution in [0, 0.1) is 18.7 Å². The maximum absolute atomic E-state index is 13.3. The predicted molar refractivity (Wildman–Crippen MR) is 88.2 cm³/mol. The number of halogens is 1. The number of hydrogen-bond acceptors (Lipinski definition) is 2. The fourth-order valence-electron chi connectivity index (χ4n) is 2.81. The fourth-order valence-corrected chi connectivity index (χ4v) is 2.81. The first-order valence-electron chi connectivity index (χ1n) is 7.55. The highest BCUT2D eigenvalue weighted by Crippen LogP contribution is 2.29. The van der Waals surface area contributed by atoms with Gasteiger partial charge in [0.15, 0.2) is 0 Å². The summed E-state index contributed by atoms with van der Waals surface area (Å²) in [5.41, 5.74) is 4.91. The first-order valence-corrected chi connectivity index (χ1v) is 7.55. The van der Waals surface area contributed by atoms with Crippen molar-refractivity contribution in [3.63, 3.8) is 0 Å². The zero-order valence-electron chi connectivity index (χ0n) is 13.1. The van der Waals surface area contributed by atoms with Gasteiger partial charge in [-0.25, -0.2) is 14.4 Å². The van der Waals surface area contributed by atoms with Gasteiger partial charge in [-0.15, -0.1) is 0 Å². The Balaban J connectivity index is 2.14. The van der Waals surface area contributed by atoms with E-state index >= 15 is 0 Å². The van der Waals surface area contributed by atoms with Gasteiger partial charge in [0.25, 0.3) is 0 Å². The van der Waals surface area contributed by atoms with Crippen LogP contribution in [0.25, 0.3) is 22.2 Å². The summed E-state index contributed by atoms with van der Waals surface area (Å²) in [7, 11) is 0. The second-order valence-electron chi connectivity index (χ2n) is 6.13. The summed E-state index contributed by atoms with van der Waals surface area (Å²) in [4.78, 5) is 8.82. The molecular weight excluding hydrogens is 275 g/mol. The fraction of sp³-hybridized carbons (Fsp3) is 0.263. The first kappa shape index (κ1) is 14.6. The molecule has 0 spiro atoms. The molecule has 0 atom stereocenters. The van der Waals surface area contributed by atoms with Crippen LogP contribution in [0.5, 0.6) is 0 Å². The van der Waals surface area contributed by atoms with E-state index in [1.165, 1.54) is 17.7 Å². The molecule has 0 radical (unpaired) electrons. The molecule has 0 unspecified atom stereocenters. The minimum absolute atomic E-state index is 0.223. The number of fused-ring (bicyclic) bond motifs is 1. The van der Waals surface area contributed by atoms with Gasteiger partial charge >= 0.3 is 0 Å². The molecule has 0 saturated heterocycles. The Bertz CT molecular complexity index is 825. The Morgan fingerprint density at radius 2 is 1.86 bits per heavy atom. The number of hydrogen-bond donors (Lipinski definition) is 0. The zero-order valence-corrected chi connectivity index (χ0v) is 13.1. The quantitative estimate of drug-likeness (QED) is 0.683. The van der Waals surface area contributed by atoms with Crippen molar-refractivity contribution in [3.8, 4) is 11.3 Å². The van der Waals surface area contributed by atoms with Gasteiger partial charge in [-0.2, -0.15) is 0 Å². The molecule has 0 N–H and O–H groups in total. The van der Waals surface area contributed by atoms with Crippen LogP contribution in [0.4, 0.5) is 4.39 Å². The van der Waals surface area contributed by atoms with E-state index < -0.39 is 0 Å². The lowest BCUT2D eigenvalue weighted by Gasteiger charge is -2.10. The Morgan fingerprint density at radius 1 is 1.05 bits per heavy atom. The molecule has 0 bridgehead atoms. The Hall–Kier alpha value is -2.29. The molecule has 2 aromatic carbocycles. The van der Waals surface area contributed by atoms with Crippen molar-refractivity contribution in [1.82, 2.24) is 9.97 Å². The van der Waals surface area contributed by atoms with Crippen molar-refractivity contribution in [1.29, 1.82) is 0 Å². The molecule has 22 heavy (non-hydrogen) atoms. The van der Waals surface area contributed by atoms with Gasteiger partial charge in [-0.05, 0) is 54.7 Å². The standard InChI is InChI=1S/C19H19FN2/c1-12(2)8-14-4-6-17-18(10-14)21-11-22-19(17)16-7-5-15(20)9-13(16)3/h4-7,9-12H,8H2,1-3H3. The molecule has 3 heteroatoms. The normalized spacial score (nSPS) is 11.3. The SMILES string of the molecule is Cc1cc(F)ccc1-c1ncnc2cc(CC(C)C)ccc12. The molecule has 3 aromatic rings. The summed E-state index contributed by atoms with van der Waals surface area (Å²) in [6, 6.07) is 11.1. The minimum Gasteiger partial charge on any atom is -0.236 e. The van der Waals surface area contributed by atoms with E-state index in [0.717, 1.165) is 34.1 Å². The predicted octanol–water partition coefficient (Wildman–Crippen LogP) is 4.94. The number of aromatic nitrogens is 2. The topological polar surface area (TPSA) is 25.8 Å².